The fraction of sp³-hybridized carbons (Fsp3) is 0.625. The number of nitrogens with zero attached hydrogens (tertiary/aromatic N) is 3. The first-order valence-corrected chi connectivity index (χ1v) is 7.93. The molecule has 5 nitrogen and oxygen atoms in total. The first-order chi connectivity index (χ1) is 10.4. The van der Waals surface area contributed by atoms with E-state index in [2.05, 4.69) is 9.55 Å². The molecule has 0 saturated carbocycles. The summed E-state index contributed by atoms with van der Waals surface area (Å²) in [5.41, 5.74) is 1.93. The number of rotatable bonds is 3. The minimum absolute atomic E-state index is 0.0935. The molecule has 2 aliphatic rings. The van der Waals surface area contributed by atoms with Gasteiger partial charge in [0.2, 0.25) is 0 Å². The summed E-state index contributed by atoms with van der Waals surface area (Å²) in [5.74, 6) is 1.68. The van der Waals surface area contributed by atoms with Crippen molar-refractivity contribution in [3.05, 3.63) is 24.2 Å². The molecule has 21 heavy (non-hydrogen) atoms. The Morgan fingerprint density at radius 3 is 3.05 bits per heavy atom. The van der Waals surface area contributed by atoms with E-state index in [1.165, 1.54) is 6.42 Å². The van der Waals surface area contributed by atoms with E-state index in [-0.39, 0.29) is 6.23 Å². The van der Waals surface area contributed by atoms with Crippen molar-refractivity contribution in [3.63, 3.8) is 0 Å². The predicted octanol–water partition coefficient (Wildman–Crippen LogP) is 2.71. The van der Waals surface area contributed by atoms with Crippen molar-refractivity contribution in [2.45, 2.75) is 38.3 Å². The Bertz CT molecular complexity index is 613. The van der Waals surface area contributed by atoms with Crippen LogP contribution in [0.15, 0.2) is 18.3 Å². The molecule has 4 heterocycles. The van der Waals surface area contributed by atoms with Gasteiger partial charge in [0.25, 0.3) is 0 Å². The minimum atomic E-state index is 0.0935. The Kier molecular flexibility index (Phi) is 3.61. The smallest absolute Gasteiger partial charge is 0.162 e. The Morgan fingerprint density at radius 1 is 1.24 bits per heavy atom. The van der Waals surface area contributed by atoms with Crippen molar-refractivity contribution in [1.29, 1.82) is 0 Å². The van der Waals surface area contributed by atoms with Gasteiger partial charge in [0.15, 0.2) is 5.65 Å². The summed E-state index contributed by atoms with van der Waals surface area (Å²) >= 11 is 0. The van der Waals surface area contributed by atoms with Gasteiger partial charge in [-0.1, -0.05) is 0 Å². The molecule has 0 aromatic carbocycles. The lowest BCUT2D eigenvalue weighted by atomic mass is 10.0. The van der Waals surface area contributed by atoms with Gasteiger partial charge >= 0.3 is 0 Å². The van der Waals surface area contributed by atoms with Gasteiger partial charge in [0.05, 0.1) is 0 Å². The third kappa shape index (κ3) is 2.56. The highest BCUT2D eigenvalue weighted by Gasteiger charge is 2.25. The third-order valence-electron chi connectivity index (χ3n) is 4.46. The average molecular weight is 287 g/mol. The standard InChI is InChI=1S/C16H21N3O2/c1-2-8-21-15(5-1)19-14(10-12-6-9-20-11-12)18-13-4-3-7-17-16(13)19/h3-4,7,12,15H,1-2,5-6,8-11H2. The maximum absolute atomic E-state index is 5.99. The SMILES string of the molecule is c1cnc2c(c1)nc(CC1CCOC1)n2C1CCCCO1. The molecule has 2 atom stereocenters. The van der Waals surface area contributed by atoms with Gasteiger partial charge in [-0.15, -0.1) is 0 Å². The van der Waals surface area contributed by atoms with E-state index in [4.69, 9.17) is 14.5 Å². The highest BCUT2D eigenvalue weighted by Crippen LogP contribution is 2.29. The molecule has 2 fully saturated rings. The zero-order chi connectivity index (χ0) is 14.1. The summed E-state index contributed by atoms with van der Waals surface area (Å²) in [5, 5.41) is 0. The van der Waals surface area contributed by atoms with Gasteiger partial charge in [0.1, 0.15) is 17.6 Å². The van der Waals surface area contributed by atoms with E-state index < -0.39 is 0 Å². The van der Waals surface area contributed by atoms with Crippen molar-refractivity contribution in [2.24, 2.45) is 5.92 Å². The molecule has 2 unspecified atom stereocenters. The van der Waals surface area contributed by atoms with Gasteiger partial charge in [-0.25, -0.2) is 9.97 Å². The van der Waals surface area contributed by atoms with Gasteiger partial charge in [-0.05, 0) is 43.7 Å². The van der Waals surface area contributed by atoms with E-state index >= 15 is 0 Å². The lowest BCUT2D eigenvalue weighted by Crippen LogP contribution is -2.21. The molecule has 2 aliphatic heterocycles. The van der Waals surface area contributed by atoms with E-state index in [9.17, 15) is 0 Å². The molecule has 0 amide bonds. The number of hydrogen-bond acceptors (Lipinski definition) is 4. The van der Waals surface area contributed by atoms with Crippen molar-refractivity contribution >= 4 is 11.2 Å². The summed E-state index contributed by atoms with van der Waals surface area (Å²) in [4.78, 5) is 9.36. The van der Waals surface area contributed by atoms with Gasteiger partial charge in [0, 0.05) is 32.4 Å². The lowest BCUT2D eigenvalue weighted by molar-refractivity contribution is -0.0316. The largest absolute Gasteiger partial charge is 0.381 e. The van der Waals surface area contributed by atoms with Gasteiger partial charge in [-0.2, -0.15) is 0 Å². The predicted molar refractivity (Wildman–Crippen MR) is 79.0 cm³/mol. The number of imidazole rings is 1. The third-order valence-corrected chi connectivity index (χ3v) is 4.46. The van der Waals surface area contributed by atoms with Crippen LogP contribution in [0.25, 0.3) is 11.2 Å². The van der Waals surface area contributed by atoms with E-state index in [0.29, 0.717) is 5.92 Å². The number of hydrogen-bond donors (Lipinski definition) is 0. The van der Waals surface area contributed by atoms with Gasteiger partial charge in [-0.3, -0.25) is 4.57 Å². The van der Waals surface area contributed by atoms with Crippen molar-refractivity contribution in [1.82, 2.24) is 14.5 Å². The second kappa shape index (κ2) is 5.73. The molecule has 2 saturated heterocycles. The summed E-state index contributed by atoms with van der Waals surface area (Å²) in [6, 6.07) is 3.99. The van der Waals surface area contributed by atoms with Crippen molar-refractivity contribution < 1.29 is 9.47 Å². The second-order valence-electron chi connectivity index (χ2n) is 6.00. The van der Waals surface area contributed by atoms with Crippen molar-refractivity contribution in [3.8, 4) is 0 Å². The highest BCUT2D eigenvalue weighted by atomic mass is 16.5. The zero-order valence-corrected chi connectivity index (χ0v) is 12.2. The summed E-state index contributed by atoms with van der Waals surface area (Å²) < 4.78 is 13.7. The van der Waals surface area contributed by atoms with Crippen LogP contribution in [0.3, 0.4) is 0 Å². The Hall–Kier alpha value is -1.46. The molecule has 5 heteroatoms. The molecular formula is C16H21N3O2. The minimum Gasteiger partial charge on any atom is -0.381 e. The molecule has 0 spiro atoms. The molecule has 0 radical (unpaired) electrons. The number of pyridine rings is 1. The van der Waals surface area contributed by atoms with Crippen LogP contribution in [-0.4, -0.2) is 34.4 Å². The van der Waals surface area contributed by atoms with Crippen LogP contribution in [0.5, 0.6) is 0 Å². The summed E-state index contributed by atoms with van der Waals surface area (Å²) in [7, 11) is 0. The number of ether oxygens (including phenoxy) is 2. The summed E-state index contributed by atoms with van der Waals surface area (Å²) in [6.45, 7) is 2.56. The maximum atomic E-state index is 5.99. The zero-order valence-electron chi connectivity index (χ0n) is 12.2. The second-order valence-corrected chi connectivity index (χ2v) is 6.00. The summed E-state index contributed by atoms with van der Waals surface area (Å²) in [6.07, 6.45) is 7.43. The molecule has 112 valence electrons. The number of aromatic nitrogens is 3. The van der Waals surface area contributed by atoms with E-state index in [0.717, 1.165) is 62.5 Å². The topological polar surface area (TPSA) is 49.2 Å². The molecule has 2 aromatic rings. The molecule has 0 aliphatic carbocycles. The molecule has 0 bridgehead atoms. The van der Waals surface area contributed by atoms with E-state index in [1.807, 2.05) is 18.3 Å². The van der Waals surface area contributed by atoms with Crippen LogP contribution < -0.4 is 0 Å². The fourth-order valence-electron chi connectivity index (χ4n) is 3.35. The monoisotopic (exact) mass is 287 g/mol. The Balaban J connectivity index is 1.72. The first-order valence-electron chi connectivity index (χ1n) is 7.93. The van der Waals surface area contributed by atoms with Crippen LogP contribution in [-0.2, 0) is 15.9 Å². The molecule has 4 rings (SSSR count). The van der Waals surface area contributed by atoms with Crippen LogP contribution in [0.2, 0.25) is 0 Å². The van der Waals surface area contributed by atoms with Crippen LogP contribution in [0, 0.1) is 5.92 Å². The normalized spacial score (nSPS) is 26.5. The molecular weight excluding hydrogens is 266 g/mol. The Labute approximate surface area is 124 Å². The van der Waals surface area contributed by atoms with Gasteiger partial charge < -0.3 is 9.47 Å². The molecule has 0 N–H and O–H groups in total. The van der Waals surface area contributed by atoms with Crippen LogP contribution in [0.4, 0.5) is 0 Å². The quantitative estimate of drug-likeness (QED) is 0.871. The molecule has 2 aromatic heterocycles. The van der Waals surface area contributed by atoms with Crippen LogP contribution in [0.1, 0.15) is 37.7 Å². The fourth-order valence-corrected chi connectivity index (χ4v) is 3.35. The van der Waals surface area contributed by atoms with Crippen LogP contribution >= 0.6 is 0 Å². The van der Waals surface area contributed by atoms with Crippen molar-refractivity contribution in [2.75, 3.05) is 19.8 Å². The highest BCUT2D eigenvalue weighted by molar-refractivity contribution is 5.71. The first kappa shape index (κ1) is 13.2. The Morgan fingerprint density at radius 2 is 2.24 bits per heavy atom. The maximum Gasteiger partial charge on any atom is 0.162 e. The number of fused-ring (bicyclic) bond motifs is 1. The lowest BCUT2D eigenvalue weighted by Gasteiger charge is -2.26. The van der Waals surface area contributed by atoms with E-state index in [1.54, 1.807) is 0 Å². The average Bonchev–Trinajstić information content (AvgIpc) is 3.15.